The molecule has 0 aliphatic carbocycles. The molecule has 1 N–H and O–H groups in total. The number of furan rings is 1. The normalized spacial score (nSPS) is 12.3. The Morgan fingerprint density at radius 2 is 2.20 bits per heavy atom. The van der Waals surface area contributed by atoms with Crippen molar-refractivity contribution in [3.63, 3.8) is 0 Å². The van der Waals surface area contributed by atoms with Gasteiger partial charge in [0.2, 0.25) is 0 Å². The number of ether oxygens (including phenoxy) is 1. The van der Waals surface area contributed by atoms with Gasteiger partial charge in [-0.05, 0) is 55.8 Å². The van der Waals surface area contributed by atoms with Crippen molar-refractivity contribution in [3.8, 4) is 5.75 Å². The van der Waals surface area contributed by atoms with Crippen LogP contribution in [0.1, 0.15) is 17.7 Å². The highest BCUT2D eigenvalue weighted by Crippen LogP contribution is 2.24. The smallest absolute Gasteiger partial charge is 0.119 e. The first-order chi connectivity index (χ1) is 9.72. The lowest BCUT2D eigenvalue weighted by molar-refractivity contribution is 0.413. The topological polar surface area (TPSA) is 34.4 Å². The molecule has 0 radical (unpaired) electrons. The lowest BCUT2D eigenvalue weighted by Crippen LogP contribution is -2.28. The van der Waals surface area contributed by atoms with Gasteiger partial charge in [-0.15, -0.1) is 0 Å². The van der Waals surface area contributed by atoms with Crippen molar-refractivity contribution in [1.29, 1.82) is 0 Å². The van der Waals surface area contributed by atoms with Gasteiger partial charge in [-0.25, -0.2) is 0 Å². The summed E-state index contributed by atoms with van der Waals surface area (Å²) >= 11 is 3.61. The van der Waals surface area contributed by atoms with Gasteiger partial charge in [-0.1, -0.05) is 15.9 Å². The zero-order valence-corrected chi connectivity index (χ0v) is 13.4. The van der Waals surface area contributed by atoms with Gasteiger partial charge in [0.05, 0.1) is 13.4 Å². The summed E-state index contributed by atoms with van der Waals surface area (Å²) in [5, 5.41) is 3.37. The predicted molar refractivity (Wildman–Crippen MR) is 84.3 cm³/mol. The van der Waals surface area contributed by atoms with Crippen LogP contribution in [0.2, 0.25) is 0 Å². The lowest BCUT2D eigenvalue weighted by Gasteiger charge is -2.17. The Morgan fingerprint density at radius 1 is 1.35 bits per heavy atom. The zero-order valence-electron chi connectivity index (χ0n) is 11.9. The van der Waals surface area contributed by atoms with Crippen LogP contribution in [0.3, 0.4) is 0 Å². The lowest BCUT2D eigenvalue weighted by atomic mass is 10.0. The fourth-order valence-electron chi connectivity index (χ4n) is 2.22. The van der Waals surface area contributed by atoms with Crippen LogP contribution in [-0.4, -0.2) is 20.2 Å². The summed E-state index contributed by atoms with van der Waals surface area (Å²) in [6.07, 6.45) is 4.66. The zero-order chi connectivity index (χ0) is 14.4. The molecule has 0 amide bonds. The maximum atomic E-state index is 5.38. The largest absolute Gasteiger partial charge is 0.497 e. The van der Waals surface area contributed by atoms with Crippen LogP contribution in [0.15, 0.2) is 45.5 Å². The molecule has 1 aromatic carbocycles. The van der Waals surface area contributed by atoms with E-state index in [-0.39, 0.29) is 0 Å². The average molecular weight is 338 g/mol. The standard InChI is InChI=1S/C16H20BrNO2/c1-18-13(5-6-14-4-3-9-20-14)10-12-11-15(19-2)7-8-16(12)17/h3-4,7-9,11,13,18H,5-6,10H2,1-2H3. The third-order valence-electron chi connectivity index (χ3n) is 3.45. The molecule has 1 unspecified atom stereocenters. The van der Waals surface area contributed by atoms with Gasteiger partial charge in [0.15, 0.2) is 0 Å². The van der Waals surface area contributed by atoms with Crippen LogP contribution < -0.4 is 10.1 Å². The van der Waals surface area contributed by atoms with E-state index in [1.807, 2.05) is 31.3 Å². The quantitative estimate of drug-likeness (QED) is 0.834. The fraction of sp³-hybridized carbons (Fsp3) is 0.375. The first-order valence-corrected chi connectivity index (χ1v) is 7.54. The minimum Gasteiger partial charge on any atom is -0.497 e. The molecule has 108 valence electrons. The molecule has 0 saturated heterocycles. The van der Waals surface area contributed by atoms with Crippen molar-refractivity contribution < 1.29 is 9.15 Å². The summed E-state index contributed by atoms with van der Waals surface area (Å²) in [5.41, 5.74) is 1.25. The molecule has 1 aromatic heterocycles. The second-order valence-corrected chi connectivity index (χ2v) is 5.62. The Kier molecular flexibility index (Phi) is 5.68. The number of hydrogen-bond acceptors (Lipinski definition) is 3. The predicted octanol–water partition coefficient (Wildman–Crippen LogP) is 3.81. The van der Waals surface area contributed by atoms with Crippen LogP contribution in [0.5, 0.6) is 5.75 Å². The number of likely N-dealkylation sites (N-methyl/N-ethyl adjacent to an activating group) is 1. The highest BCUT2D eigenvalue weighted by molar-refractivity contribution is 9.10. The van der Waals surface area contributed by atoms with Crippen molar-refractivity contribution in [1.82, 2.24) is 5.32 Å². The van der Waals surface area contributed by atoms with Crippen molar-refractivity contribution >= 4 is 15.9 Å². The summed E-state index contributed by atoms with van der Waals surface area (Å²) in [5.74, 6) is 1.93. The second kappa shape index (κ2) is 7.50. The Balaban J connectivity index is 1.98. The van der Waals surface area contributed by atoms with E-state index in [9.17, 15) is 0 Å². The molecular formula is C16H20BrNO2. The number of benzene rings is 1. The second-order valence-electron chi connectivity index (χ2n) is 4.77. The number of halogens is 1. The van der Waals surface area contributed by atoms with Crippen molar-refractivity contribution in [2.24, 2.45) is 0 Å². The van der Waals surface area contributed by atoms with Crippen molar-refractivity contribution in [3.05, 3.63) is 52.4 Å². The van der Waals surface area contributed by atoms with E-state index < -0.39 is 0 Å². The molecule has 1 atom stereocenters. The van der Waals surface area contributed by atoms with E-state index in [4.69, 9.17) is 9.15 Å². The maximum absolute atomic E-state index is 5.38. The van der Waals surface area contributed by atoms with Gasteiger partial charge in [-0.2, -0.15) is 0 Å². The third kappa shape index (κ3) is 4.12. The molecule has 0 aliphatic heterocycles. The van der Waals surface area contributed by atoms with E-state index in [0.29, 0.717) is 6.04 Å². The van der Waals surface area contributed by atoms with Crippen LogP contribution in [0.4, 0.5) is 0 Å². The van der Waals surface area contributed by atoms with Crippen LogP contribution in [0.25, 0.3) is 0 Å². The first kappa shape index (κ1) is 15.1. The summed E-state index contributed by atoms with van der Waals surface area (Å²) in [6, 6.07) is 10.4. The highest BCUT2D eigenvalue weighted by atomic mass is 79.9. The molecule has 4 heteroatoms. The van der Waals surface area contributed by atoms with Gasteiger partial charge < -0.3 is 14.5 Å². The summed E-state index contributed by atoms with van der Waals surface area (Å²) in [7, 11) is 3.69. The molecule has 2 rings (SSSR count). The molecule has 2 aromatic rings. The number of nitrogens with one attached hydrogen (secondary N) is 1. The molecule has 0 saturated carbocycles. The molecule has 0 aliphatic rings. The first-order valence-electron chi connectivity index (χ1n) is 6.75. The monoisotopic (exact) mass is 337 g/mol. The Morgan fingerprint density at radius 3 is 2.85 bits per heavy atom. The minimum atomic E-state index is 0.406. The number of aryl methyl sites for hydroxylation is 1. The molecular weight excluding hydrogens is 318 g/mol. The fourth-order valence-corrected chi connectivity index (χ4v) is 2.63. The van der Waals surface area contributed by atoms with Gasteiger partial charge in [0.1, 0.15) is 11.5 Å². The summed E-state index contributed by atoms with van der Waals surface area (Å²) < 4.78 is 11.8. The van der Waals surface area contributed by atoms with E-state index in [1.54, 1.807) is 13.4 Å². The number of methoxy groups -OCH3 is 1. The molecule has 1 heterocycles. The Labute approximate surface area is 128 Å². The van der Waals surface area contributed by atoms with E-state index in [1.165, 1.54) is 5.56 Å². The van der Waals surface area contributed by atoms with Gasteiger partial charge in [-0.3, -0.25) is 0 Å². The van der Waals surface area contributed by atoms with Crippen LogP contribution in [0, 0.1) is 0 Å². The molecule has 20 heavy (non-hydrogen) atoms. The van der Waals surface area contributed by atoms with Crippen molar-refractivity contribution in [2.75, 3.05) is 14.2 Å². The van der Waals surface area contributed by atoms with Crippen LogP contribution in [-0.2, 0) is 12.8 Å². The molecule has 3 nitrogen and oxygen atoms in total. The van der Waals surface area contributed by atoms with E-state index in [2.05, 4.69) is 27.3 Å². The Hall–Kier alpha value is -1.26. The summed E-state index contributed by atoms with van der Waals surface area (Å²) in [6.45, 7) is 0. The SMILES string of the molecule is CNC(CCc1ccco1)Cc1cc(OC)ccc1Br. The highest BCUT2D eigenvalue weighted by Gasteiger charge is 2.11. The number of hydrogen-bond donors (Lipinski definition) is 1. The molecule has 0 fully saturated rings. The third-order valence-corrected chi connectivity index (χ3v) is 4.22. The molecule has 0 bridgehead atoms. The average Bonchev–Trinajstić information content (AvgIpc) is 2.98. The van der Waals surface area contributed by atoms with Crippen LogP contribution >= 0.6 is 15.9 Å². The van der Waals surface area contributed by atoms with Gasteiger partial charge in [0, 0.05) is 16.9 Å². The van der Waals surface area contributed by atoms with Gasteiger partial charge in [0.25, 0.3) is 0 Å². The maximum Gasteiger partial charge on any atom is 0.119 e. The van der Waals surface area contributed by atoms with Gasteiger partial charge >= 0.3 is 0 Å². The number of rotatable bonds is 7. The van der Waals surface area contributed by atoms with Crippen molar-refractivity contribution in [2.45, 2.75) is 25.3 Å². The Bertz CT molecular complexity index is 525. The van der Waals surface area contributed by atoms with E-state index >= 15 is 0 Å². The van der Waals surface area contributed by atoms with E-state index in [0.717, 1.165) is 35.2 Å². The summed E-state index contributed by atoms with van der Waals surface area (Å²) in [4.78, 5) is 0. The minimum absolute atomic E-state index is 0.406. The molecule has 0 spiro atoms.